The van der Waals surface area contributed by atoms with Gasteiger partial charge in [0.2, 0.25) is 10.1 Å². The summed E-state index contributed by atoms with van der Waals surface area (Å²) in [6.45, 7) is 1.83. The van der Waals surface area contributed by atoms with Gasteiger partial charge in [0.25, 0.3) is 5.91 Å². The predicted octanol–water partition coefficient (Wildman–Crippen LogP) is 3.55. The quantitative estimate of drug-likeness (QED) is 0.788. The number of carbonyl (C=O) groups is 1. The number of hydrogen-bond donors (Lipinski definition) is 0. The van der Waals surface area contributed by atoms with Gasteiger partial charge < -0.3 is 0 Å². The Morgan fingerprint density at radius 3 is 2.21 bits per heavy atom. The minimum atomic E-state index is -4.20. The summed E-state index contributed by atoms with van der Waals surface area (Å²) in [5.74, 6) is -0.825. The van der Waals surface area contributed by atoms with Crippen LogP contribution in [-0.2, 0) is 10.1 Å². The summed E-state index contributed by atoms with van der Waals surface area (Å²) in [6, 6.07) is 14.0. The van der Waals surface area contributed by atoms with Gasteiger partial charge in [-0.1, -0.05) is 35.9 Å². The summed E-state index contributed by atoms with van der Waals surface area (Å²) in [4.78, 5) is 11.6. The highest BCUT2D eigenvalue weighted by Gasteiger charge is 2.14. The highest BCUT2D eigenvalue weighted by Crippen LogP contribution is 2.17. The summed E-state index contributed by atoms with van der Waals surface area (Å²) >= 11 is 0. The van der Waals surface area contributed by atoms with E-state index in [0.29, 0.717) is 0 Å². The van der Waals surface area contributed by atoms with Crippen LogP contribution in [0, 0.1) is 6.92 Å². The highest BCUT2D eigenvalue weighted by atomic mass is 32.3. The lowest BCUT2D eigenvalue weighted by Crippen LogP contribution is -2.00. The zero-order valence-electron chi connectivity index (χ0n) is 10.2. The molecule has 5 heteroatoms. The fraction of sp³-hybridized carbons (Fsp3) is 0.0714. The van der Waals surface area contributed by atoms with E-state index in [0.717, 1.165) is 5.56 Å². The van der Waals surface area contributed by atoms with Crippen molar-refractivity contribution in [1.82, 2.24) is 0 Å². The van der Waals surface area contributed by atoms with Crippen molar-refractivity contribution >= 4 is 16.0 Å². The number of rotatable bonds is 2. The minimum absolute atomic E-state index is 0.0950. The molecule has 0 bridgehead atoms. The maximum atomic E-state index is 14.0. The monoisotopic (exact) mass is 277 g/mol. The van der Waals surface area contributed by atoms with Crippen molar-refractivity contribution < 1.29 is 12.9 Å². The molecule has 98 valence electrons. The molecule has 0 fully saturated rings. The highest BCUT2D eigenvalue weighted by molar-refractivity contribution is 7.89. The van der Waals surface area contributed by atoms with E-state index in [-0.39, 0.29) is 10.5 Å². The molecular formula is C14H12FNO2S. The second kappa shape index (κ2) is 5.32. The molecule has 0 heterocycles. The van der Waals surface area contributed by atoms with E-state index in [9.17, 15) is 12.9 Å². The Balaban J connectivity index is 2.39. The molecule has 0 aliphatic heterocycles. The van der Waals surface area contributed by atoms with Crippen molar-refractivity contribution in [1.29, 1.82) is 0 Å². The molecule has 2 aromatic carbocycles. The fourth-order valence-corrected chi connectivity index (χ4v) is 2.39. The Labute approximate surface area is 111 Å². The zero-order valence-corrected chi connectivity index (χ0v) is 11.1. The first-order chi connectivity index (χ1) is 8.99. The van der Waals surface area contributed by atoms with Crippen molar-refractivity contribution in [2.24, 2.45) is 4.36 Å². The van der Waals surface area contributed by atoms with Gasteiger partial charge in [0.05, 0.1) is 4.90 Å². The summed E-state index contributed by atoms with van der Waals surface area (Å²) in [7, 11) is -4.20. The SMILES string of the molecule is Cc1ccc(S(=O)(F)=NC(=O)c2ccccc2)cc1. The molecule has 0 radical (unpaired) electrons. The van der Waals surface area contributed by atoms with Gasteiger partial charge in [0.15, 0.2) is 0 Å². The summed E-state index contributed by atoms with van der Waals surface area (Å²) in [5.41, 5.74) is 1.12. The molecule has 1 amide bonds. The van der Waals surface area contributed by atoms with E-state index < -0.39 is 16.0 Å². The number of amides is 1. The van der Waals surface area contributed by atoms with Gasteiger partial charge in [-0.2, -0.15) is 0 Å². The van der Waals surface area contributed by atoms with E-state index in [1.54, 1.807) is 30.3 Å². The Morgan fingerprint density at radius 1 is 1.05 bits per heavy atom. The van der Waals surface area contributed by atoms with Crippen molar-refractivity contribution in [2.75, 3.05) is 0 Å². The number of halogens is 1. The number of nitrogens with zero attached hydrogens (tertiary/aromatic N) is 1. The maximum Gasteiger partial charge on any atom is 0.287 e. The molecule has 0 saturated heterocycles. The first-order valence-electron chi connectivity index (χ1n) is 5.62. The second-order valence-corrected chi connectivity index (χ2v) is 5.60. The van der Waals surface area contributed by atoms with E-state index in [1.165, 1.54) is 24.3 Å². The van der Waals surface area contributed by atoms with Crippen LogP contribution in [0.4, 0.5) is 3.89 Å². The maximum absolute atomic E-state index is 14.0. The molecular weight excluding hydrogens is 265 g/mol. The number of hydrogen-bond acceptors (Lipinski definition) is 2. The lowest BCUT2D eigenvalue weighted by Gasteiger charge is -2.01. The summed E-state index contributed by atoms with van der Waals surface area (Å²) in [5, 5.41) is 0. The second-order valence-electron chi connectivity index (χ2n) is 4.03. The summed E-state index contributed by atoms with van der Waals surface area (Å²) < 4.78 is 29.1. The average Bonchev–Trinajstić information content (AvgIpc) is 2.40. The number of benzene rings is 2. The number of aryl methyl sites for hydroxylation is 1. The number of carbonyl (C=O) groups excluding carboxylic acids is 1. The van der Waals surface area contributed by atoms with Crippen LogP contribution in [0.5, 0.6) is 0 Å². The van der Waals surface area contributed by atoms with Crippen LogP contribution in [0.3, 0.4) is 0 Å². The molecule has 2 rings (SSSR count). The van der Waals surface area contributed by atoms with Crippen molar-refractivity contribution in [2.45, 2.75) is 11.8 Å². The third-order valence-electron chi connectivity index (χ3n) is 2.53. The Hall–Kier alpha value is -2.01. The van der Waals surface area contributed by atoms with Crippen molar-refractivity contribution in [3.8, 4) is 0 Å². The minimum Gasteiger partial charge on any atom is -0.266 e. The van der Waals surface area contributed by atoms with Gasteiger partial charge >= 0.3 is 0 Å². The standard InChI is InChI=1S/C14H12FNO2S/c1-11-7-9-13(10-8-11)19(15,18)16-14(17)12-5-3-2-4-6-12/h2-10H,1H3. The van der Waals surface area contributed by atoms with Crippen LogP contribution in [0.25, 0.3) is 0 Å². The van der Waals surface area contributed by atoms with Crippen LogP contribution < -0.4 is 0 Å². The van der Waals surface area contributed by atoms with Crippen LogP contribution in [0.2, 0.25) is 0 Å². The third-order valence-corrected chi connectivity index (χ3v) is 3.79. The van der Waals surface area contributed by atoms with Crippen LogP contribution in [-0.4, -0.2) is 10.1 Å². The van der Waals surface area contributed by atoms with Gasteiger partial charge in [-0.3, -0.25) is 4.79 Å². The molecule has 0 saturated carbocycles. The van der Waals surface area contributed by atoms with Crippen molar-refractivity contribution in [3.05, 3.63) is 65.7 Å². The Kier molecular flexibility index (Phi) is 3.76. The predicted molar refractivity (Wildman–Crippen MR) is 71.9 cm³/mol. The van der Waals surface area contributed by atoms with Crippen molar-refractivity contribution in [3.63, 3.8) is 0 Å². The van der Waals surface area contributed by atoms with Gasteiger partial charge in [0.1, 0.15) is 0 Å². The van der Waals surface area contributed by atoms with Crippen LogP contribution >= 0.6 is 0 Å². The van der Waals surface area contributed by atoms with E-state index in [2.05, 4.69) is 4.36 Å². The van der Waals surface area contributed by atoms with Gasteiger partial charge in [-0.15, -0.1) is 8.25 Å². The van der Waals surface area contributed by atoms with E-state index >= 15 is 0 Å². The molecule has 0 aliphatic carbocycles. The largest absolute Gasteiger partial charge is 0.287 e. The molecule has 1 atom stereocenters. The van der Waals surface area contributed by atoms with Crippen LogP contribution in [0.15, 0.2) is 63.9 Å². The lowest BCUT2D eigenvalue weighted by molar-refractivity contribution is 0.100. The third kappa shape index (κ3) is 3.26. The first-order valence-corrected chi connectivity index (χ1v) is 7.03. The van der Waals surface area contributed by atoms with Gasteiger partial charge in [-0.05, 0) is 31.2 Å². The van der Waals surface area contributed by atoms with Gasteiger partial charge in [-0.25, -0.2) is 4.21 Å². The normalized spacial score (nSPS) is 13.6. The molecule has 0 spiro atoms. The molecule has 19 heavy (non-hydrogen) atoms. The molecule has 1 unspecified atom stereocenters. The zero-order chi connectivity index (χ0) is 13.9. The topological polar surface area (TPSA) is 46.5 Å². The smallest absolute Gasteiger partial charge is 0.266 e. The first kappa shape index (κ1) is 13.4. The molecule has 0 aromatic heterocycles. The van der Waals surface area contributed by atoms with Crippen LogP contribution in [0.1, 0.15) is 15.9 Å². The van der Waals surface area contributed by atoms with E-state index in [4.69, 9.17) is 0 Å². The Bertz CT molecular complexity index is 702. The fourth-order valence-electron chi connectivity index (χ4n) is 1.50. The van der Waals surface area contributed by atoms with Gasteiger partial charge in [0, 0.05) is 5.56 Å². The summed E-state index contributed by atoms with van der Waals surface area (Å²) in [6.07, 6.45) is 0. The molecule has 0 aliphatic rings. The molecule has 3 nitrogen and oxygen atoms in total. The lowest BCUT2D eigenvalue weighted by atomic mass is 10.2. The average molecular weight is 277 g/mol. The Morgan fingerprint density at radius 2 is 1.63 bits per heavy atom. The molecule has 2 aromatic rings. The molecule has 0 N–H and O–H groups in total. The van der Waals surface area contributed by atoms with E-state index in [1.807, 2.05) is 6.92 Å².